The SMILES string of the molecule is CCOC1(c2nc(C(N)COC)cs2)CCCC1. The molecule has 0 aromatic carbocycles. The lowest BCUT2D eigenvalue weighted by Crippen LogP contribution is -2.26. The summed E-state index contributed by atoms with van der Waals surface area (Å²) in [6.45, 7) is 3.29. The highest BCUT2D eigenvalue weighted by Crippen LogP contribution is 2.43. The van der Waals surface area contributed by atoms with Crippen LogP contribution in [0.3, 0.4) is 0 Å². The zero-order valence-corrected chi connectivity index (χ0v) is 12.0. The number of ether oxygens (including phenoxy) is 2. The Bertz CT molecular complexity index is 375. The summed E-state index contributed by atoms with van der Waals surface area (Å²) in [5.74, 6) is 0. The molecule has 0 radical (unpaired) electrons. The second-order valence-corrected chi connectivity index (χ2v) is 5.63. The van der Waals surface area contributed by atoms with Crippen molar-refractivity contribution in [2.75, 3.05) is 20.3 Å². The zero-order valence-electron chi connectivity index (χ0n) is 11.1. The zero-order chi connectivity index (χ0) is 13.0. The predicted molar refractivity (Wildman–Crippen MR) is 72.7 cm³/mol. The Balaban J connectivity index is 2.16. The van der Waals surface area contributed by atoms with E-state index in [1.807, 2.05) is 12.3 Å². The maximum absolute atomic E-state index is 6.01. The minimum Gasteiger partial charge on any atom is -0.383 e. The van der Waals surface area contributed by atoms with Crippen LogP contribution in [-0.4, -0.2) is 25.3 Å². The van der Waals surface area contributed by atoms with Crippen LogP contribution < -0.4 is 5.73 Å². The van der Waals surface area contributed by atoms with Crippen LogP contribution in [0.15, 0.2) is 5.38 Å². The molecule has 0 amide bonds. The van der Waals surface area contributed by atoms with Crippen LogP contribution in [0, 0.1) is 0 Å². The summed E-state index contributed by atoms with van der Waals surface area (Å²) in [6.07, 6.45) is 4.60. The molecule has 102 valence electrons. The highest BCUT2D eigenvalue weighted by atomic mass is 32.1. The number of nitrogens with two attached hydrogens (primary N) is 1. The van der Waals surface area contributed by atoms with Crippen LogP contribution >= 0.6 is 11.3 Å². The lowest BCUT2D eigenvalue weighted by molar-refractivity contribution is -0.0392. The fraction of sp³-hybridized carbons (Fsp3) is 0.769. The molecule has 2 rings (SSSR count). The average Bonchev–Trinajstić information content (AvgIpc) is 2.98. The van der Waals surface area contributed by atoms with E-state index in [1.54, 1.807) is 18.4 Å². The largest absolute Gasteiger partial charge is 0.383 e. The summed E-state index contributed by atoms with van der Waals surface area (Å²) < 4.78 is 11.1. The third-order valence-electron chi connectivity index (χ3n) is 3.47. The summed E-state index contributed by atoms with van der Waals surface area (Å²) in [5, 5.41) is 3.13. The Kier molecular flexibility index (Phi) is 4.72. The molecule has 1 unspecified atom stereocenters. The van der Waals surface area contributed by atoms with Gasteiger partial charge in [0.15, 0.2) is 0 Å². The van der Waals surface area contributed by atoms with E-state index in [0.717, 1.165) is 30.2 Å². The van der Waals surface area contributed by atoms with Crippen molar-refractivity contribution in [2.24, 2.45) is 5.73 Å². The molecule has 0 saturated heterocycles. The molecule has 1 aliphatic rings. The third-order valence-corrected chi connectivity index (χ3v) is 4.52. The smallest absolute Gasteiger partial charge is 0.125 e. The van der Waals surface area contributed by atoms with Crippen molar-refractivity contribution in [3.8, 4) is 0 Å². The lowest BCUT2D eigenvalue weighted by atomic mass is 10.0. The van der Waals surface area contributed by atoms with Gasteiger partial charge in [0.05, 0.1) is 18.3 Å². The summed E-state index contributed by atoms with van der Waals surface area (Å²) in [5.41, 5.74) is 6.78. The Labute approximate surface area is 113 Å². The van der Waals surface area contributed by atoms with Gasteiger partial charge < -0.3 is 15.2 Å². The first-order chi connectivity index (χ1) is 8.72. The predicted octanol–water partition coefficient (Wildman–Crippen LogP) is 2.60. The minimum absolute atomic E-state index is 0.139. The van der Waals surface area contributed by atoms with Crippen LogP contribution in [-0.2, 0) is 15.1 Å². The normalized spacial score (nSPS) is 20.2. The van der Waals surface area contributed by atoms with Crippen LogP contribution in [0.5, 0.6) is 0 Å². The molecular formula is C13H22N2O2S. The standard InChI is InChI=1S/C13H22N2O2S/c1-3-17-13(6-4-5-7-13)12-15-11(9-18-12)10(14)8-16-2/h9-10H,3-8,14H2,1-2H3. The van der Waals surface area contributed by atoms with Gasteiger partial charge in [-0.1, -0.05) is 12.8 Å². The van der Waals surface area contributed by atoms with Gasteiger partial charge in [0.2, 0.25) is 0 Å². The monoisotopic (exact) mass is 270 g/mol. The van der Waals surface area contributed by atoms with Crippen molar-refractivity contribution in [3.05, 3.63) is 16.1 Å². The quantitative estimate of drug-likeness (QED) is 0.863. The fourth-order valence-electron chi connectivity index (χ4n) is 2.57. The Hall–Kier alpha value is -0.490. The Morgan fingerprint density at radius 3 is 2.83 bits per heavy atom. The molecule has 5 heteroatoms. The number of methoxy groups -OCH3 is 1. The fourth-order valence-corrected chi connectivity index (χ4v) is 3.67. The van der Waals surface area contributed by atoms with E-state index in [-0.39, 0.29) is 11.6 Å². The van der Waals surface area contributed by atoms with Crippen LogP contribution in [0.4, 0.5) is 0 Å². The van der Waals surface area contributed by atoms with Gasteiger partial charge in [-0.25, -0.2) is 4.98 Å². The summed E-state index contributed by atoms with van der Waals surface area (Å²) in [6, 6.07) is -0.139. The van der Waals surface area contributed by atoms with Crippen LogP contribution in [0.25, 0.3) is 0 Å². The van der Waals surface area contributed by atoms with Gasteiger partial charge in [-0.3, -0.25) is 0 Å². The number of hydrogen-bond donors (Lipinski definition) is 1. The number of thiazole rings is 1. The first-order valence-corrected chi connectivity index (χ1v) is 7.44. The van der Waals surface area contributed by atoms with Gasteiger partial charge in [-0.15, -0.1) is 11.3 Å². The highest BCUT2D eigenvalue weighted by molar-refractivity contribution is 7.09. The molecule has 1 aromatic rings. The molecule has 1 fully saturated rings. The average molecular weight is 270 g/mol. The molecule has 18 heavy (non-hydrogen) atoms. The topological polar surface area (TPSA) is 57.4 Å². The Morgan fingerprint density at radius 1 is 1.50 bits per heavy atom. The van der Waals surface area contributed by atoms with Crippen LogP contribution in [0.2, 0.25) is 0 Å². The van der Waals surface area contributed by atoms with Crippen molar-refractivity contribution >= 4 is 11.3 Å². The molecular weight excluding hydrogens is 248 g/mol. The van der Waals surface area contributed by atoms with Gasteiger partial charge in [0.1, 0.15) is 10.6 Å². The summed E-state index contributed by atoms with van der Waals surface area (Å²) >= 11 is 1.67. The second kappa shape index (κ2) is 6.10. The number of rotatable bonds is 6. The van der Waals surface area contributed by atoms with Gasteiger partial charge in [-0.05, 0) is 19.8 Å². The molecule has 1 aliphatic carbocycles. The summed E-state index contributed by atoms with van der Waals surface area (Å²) in [7, 11) is 1.66. The first-order valence-electron chi connectivity index (χ1n) is 6.56. The van der Waals surface area contributed by atoms with E-state index in [1.165, 1.54) is 12.8 Å². The van der Waals surface area contributed by atoms with Crippen LogP contribution in [0.1, 0.15) is 49.4 Å². The second-order valence-electron chi connectivity index (χ2n) is 4.77. The number of hydrogen-bond acceptors (Lipinski definition) is 5. The maximum atomic E-state index is 6.01. The van der Waals surface area contributed by atoms with Crippen molar-refractivity contribution in [3.63, 3.8) is 0 Å². The van der Waals surface area contributed by atoms with Gasteiger partial charge in [-0.2, -0.15) is 0 Å². The van der Waals surface area contributed by atoms with E-state index < -0.39 is 0 Å². The van der Waals surface area contributed by atoms with Crippen molar-refractivity contribution in [2.45, 2.75) is 44.2 Å². The van der Waals surface area contributed by atoms with Gasteiger partial charge in [0, 0.05) is 19.1 Å². The number of aromatic nitrogens is 1. The maximum Gasteiger partial charge on any atom is 0.125 e. The minimum atomic E-state index is -0.148. The molecule has 0 bridgehead atoms. The molecule has 1 heterocycles. The van der Waals surface area contributed by atoms with Gasteiger partial charge in [0.25, 0.3) is 0 Å². The van der Waals surface area contributed by atoms with Crippen molar-refractivity contribution in [1.29, 1.82) is 0 Å². The lowest BCUT2D eigenvalue weighted by Gasteiger charge is -2.26. The van der Waals surface area contributed by atoms with Crippen molar-refractivity contribution < 1.29 is 9.47 Å². The number of nitrogens with zero attached hydrogens (tertiary/aromatic N) is 1. The molecule has 1 saturated carbocycles. The van der Waals surface area contributed by atoms with E-state index in [9.17, 15) is 0 Å². The molecule has 0 spiro atoms. The molecule has 1 aromatic heterocycles. The molecule has 4 nitrogen and oxygen atoms in total. The van der Waals surface area contributed by atoms with E-state index in [4.69, 9.17) is 20.2 Å². The molecule has 1 atom stereocenters. The molecule has 0 aliphatic heterocycles. The first kappa shape index (κ1) is 13.9. The third kappa shape index (κ3) is 2.74. The van der Waals surface area contributed by atoms with E-state index in [2.05, 4.69) is 0 Å². The van der Waals surface area contributed by atoms with E-state index >= 15 is 0 Å². The van der Waals surface area contributed by atoms with Gasteiger partial charge >= 0.3 is 0 Å². The summed E-state index contributed by atoms with van der Waals surface area (Å²) in [4.78, 5) is 4.69. The molecule has 2 N–H and O–H groups in total. The highest BCUT2D eigenvalue weighted by Gasteiger charge is 2.39. The van der Waals surface area contributed by atoms with Crippen molar-refractivity contribution in [1.82, 2.24) is 4.98 Å². The Morgan fingerprint density at radius 2 is 2.22 bits per heavy atom. The van der Waals surface area contributed by atoms with E-state index in [0.29, 0.717) is 6.61 Å².